The van der Waals surface area contributed by atoms with Crippen LogP contribution in [0.1, 0.15) is 23.2 Å². The Balaban J connectivity index is 1.87. The number of benzene rings is 2. The van der Waals surface area contributed by atoms with Crippen molar-refractivity contribution < 1.29 is 14.7 Å². The van der Waals surface area contributed by atoms with E-state index in [0.717, 1.165) is 11.1 Å². The number of carbonyl (C=O) groups is 2. The fourth-order valence-electron chi connectivity index (χ4n) is 2.38. The summed E-state index contributed by atoms with van der Waals surface area (Å²) in [4.78, 5) is 23.4. The van der Waals surface area contributed by atoms with Gasteiger partial charge >= 0.3 is 5.97 Å². The van der Waals surface area contributed by atoms with Gasteiger partial charge < -0.3 is 5.11 Å². The van der Waals surface area contributed by atoms with Crippen LogP contribution in [0.4, 0.5) is 0 Å². The summed E-state index contributed by atoms with van der Waals surface area (Å²) in [5, 5.41) is 9.15. The Kier molecular flexibility index (Phi) is 2.90. The summed E-state index contributed by atoms with van der Waals surface area (Å²) >= 11 is 0. The van der Waals surface area contributed by atoms with E-state index < -0.39 is 11.4 Å². The number of carboxylic acids is 1. The van der Waals surface area contributed by atoms with Gasteiger partial charge in [-0.05, 0) is 24.0 Å². The van der Waals surface area contributed by atoms with Gasteiger partial charge in [0.1, 0.15) is 5.41 Å². The normalized spacial score (nSPS) is 15.6. The second-order valence-corrected chi connectivity index (χ2v) is 5.16. The number of aliphatic carboxylic acids is 1. The van der Waals surface area contributed by atoms with Crippen LogP contribution in [0.25, 0.3) is 11.1 Å². The largest absolute Gasteiger partial charge is 0.480 e. The Hall–Kier alpha value is -2.42. The van der Waals surface area contributed by atoms with Crippen molar-refractivity contribution in [1.29, 1.82) is 0 Å². The Labute approximate surface area is 116 Å². The van der Waals surface area contributed by atoms with E-state index in [0.29, 0.717) is 18.4 Å². The molecule has 0 aromatic heterocycles. The number of hydrogen-bond donors (Lipinski definition) is 1. The number of carbonyl (C=O) groups excluding carboxylic acids is 1. The molecule has 1 fully saturated rings. The van der Waals surface area contributed by atoms with Crippen molar-refractivity contribution >= 4 is 11.8 Å². The molecule has 1 saturated carbocycles. The summed E-state index contributed by atoms with van der Waals surface area (Å²) in [5.74, 6) is -1.28. The standard InChI is InChI=1S/C17H14O3/c18-15(17(10-11-17)16(19)20)14-8-6-13(7-9-14)12-4-2-1-3-5-12/h1-9H,10-11H2,(H,19,20). The van der Waals surface area contributed by atoms with Crippen molar-refractivity contribution in [3.8, 4) is 11.1 Å². The van der Waals surface area contributed by atoms with Crippen molar-refractivity contribution in [2.75, 3.05) is 0 Å². The fraction of sp³-hybridized carbons (Fsp3) is 0.176. The van der Waals surface area contributed by atoms with Crippen molar-refractivity contribution in [3.05, 3.63) is 60.2 Å². The second kappa shape index (κ2) is 4.60. The predicted molar refractivity (Wildman–Crippen MR) is 75.5 cm³/mol. The van der Waals surface area contributed by atoms with E-state index in [4.69, 9.17) is 5.11 Å². The van der Waals surface area contributed by atoms with Gasteiger partial charge in [-0.3, -0.25) is 9.59 Å². The van der Waals surface area contributed by atoms with Crippen molar-refractivity contribution in [3.63, 3.8) is 0 Å². The lowest BCUT2D eigenvalue weighted by atomic mass is 9.93. The summed E-state index contributed by atoms with van der Waals surface area (Å²) in [6, 6.07) is 17.0. The fourth-order valence-corrected chi connectivity index (χ4v) is 2.38. The molecule has 0 bridgehead atoms. The molecule has 0 atom stereocenters. The van der Waals surface area contributed by atoms with Gasteiger partial charge in [0.25, 0.3) is 0 Å². The Morgan fingerprint density at radius 1 is 0.850 bits per heavy atom. The molecule has 0 unspecified atom stereocenters. The first-order valence-corrected chi connectivity index (χ1v) is 6.57. The van der Waals surface area contributed by atoms with E-state index in [-0.39, 0.29) is 5.78 Å². The van der Waals surface area contributed by atoms with E-state index in [1.165, 1.54) is 0 Å². The first kappa shape index (κ1) is 12.6. The first-order valence-electron chi connectivity index (χ1n) is 6.57. The Bertz CT molecular complexity index is 652. The molecule has 100 valence electrons. The van der Waals surface area contributed by atoms with Gasteiger partial charge in [-0.2, -0.15) is 0 Å². The zero-order valence-electron chi connectivity index (χ0n) is 10.9. The molecule has 1 aliphatic rings. The number of Topliss-reactive ketones (excluding diaryl/α,β-unsaturated/α-hetero) is 1. The molecule has 0 heterocycles. The van der Waals surface area contributed by atoms with Crippen LogP contribution in [0.2, 0.25) is 0 Å². The monoisotopic (exact) mass is 266 g/mol. The van der Waals surface area contributed by atoms with Crippen LogP contribution in [0, 0.1) is 5.41 Å². The quantitative estimate of drug-likeness (QED) is 0.681. The van der Waals surface area contributed by atoms with Crippen LogP contribution in [-0.4, -0.2) is 16.9 Å². The molecule has 2 aromatic carbocycles. The smallest absolute Gasteiger partial charge is 0.317 e. The minimum Gasteiger partial charge on any atom is -0.480 e. The van der Waals surface area contributed by atoms with Gasteiger partial charge in [-0.1, -0.05) is 54.6 Å². The zero-order chi connectivity index (χ0) is 14.2. The third-order valence-electron chi connectivity index (χ3n) is 3.85. The van der Waals surface area contributed by atoms with Crippen molar-refractivity contribution in [2.24, 2.45) is 5.41 Å². The van der Waals surface area contributed by atoms with Crippen molar-refractivity contribution in [2.45, 2.75) is 12.8 Å². The highest BCUT2D eigenvalue weighted by Gasteiger charge is 2.56. The molecule has 3 rings (SSSR count). The molecular weight excluding hydrogens is 252 g/mol. The van der Waals surface area contributed by atoms with Crippen LogP contribution in [0.5, 0.6) is 0 Å². The molecule has 2 aromatic rings. The highest BCUT2D eigenvalue weighted by Crippen LogP contribution is 2.48. The maximum Gasteiger partial charge on any atom is 0.317 e. The van der Waals surface area contributed by atoms with E-state index in [1.807, 2.05) is 42.5 Å². The molecule has 3 heteroatoms. The van der Waals surface area contributed by atoms with Gasteiger partial charge in [-0.25, -0.2) is 0 Å². The van der Waals surface area contributed by atoms with Crippen molar-refractivity contribution in [1.82, 2.24) is 0 Å². The van der Waals surface area contributed by atoms with E-state index in [2.05, 4.69) is 0 Å². The lowest BCUT2D eigenvalue weighted by Gasteiger charge is -2.09. The first-order chi connectivity index (χ1) is 9.63. The number of rotatable bonds is 4. The van der Waals surface area contributed by atoms with Gasteiger partial charge in [0.2, 0.25) is 0 Å². The van der Waals surface area contributed by atoms with E-state index in [1.54, 1.807) is 12.1 Å². The summed E-state index contributed by atoms with van der Waals surface area (Å²) in [7, 11) is 0. The molecule has 20 heavy (non-hydrogen) atoms. The molecule has 0 radical (unpaired) electrons. The molecule has 0 spiro atoms. The molecule has 0 amide bonds. The van der Waals surface area contributed by atoms with Gasteiger partial charge in [0, 0.05) is 5.56 Å². The molecular formula is C17H14O3. The number of carboxylic acid groups (broad SMARTS) is 1. The van der Waals surface area contributed by atoms with Crippen LogP contribution in [-0.2, 0) is 4.79 Å². The van der Waals surface area contributed by atoms with E-state index in [9.17, 15) is 9.59 Å². The molecule has 0 aliphatic heterocycles. The second-order valence-electron chi connectivity index (χ2n) is 5.16. The minimum atomic E-state index is -1.16. The number of ketones is 1. The maximum atomic E-state index is 12.2. The highest BCUT2D eigenvalue weighted by molar-refractivity contribution is 6.14. The van der Waals surface area contributed by atoms with Crippen LogP contribution < -0.4 is 0 Å². The van der Waals surface area contributed by atoms with Gasteiger partial charge in [0.05, 0.1) is 0 Å². The van der Waals surface area contributed by atoms with Gasteiger partial charge in [-0.15, -0.1) is 0 Å². The summed E-state index contributed by atoms with van der Waals surface area (Å²) < 4.78 is 0. The van der Waals surface area contributed by atoms with Crippen LogP contribution in [0.3, 0.4) is 0 Å². The average molecular weight is 266 g/mol. The Morgan fingerprint density at radius 2 is 1.40 bits per heavy atom. The SMILES string of the molecule is O=C(O)C1(C(=O)c2ccc(-c3ccccc3)cc2)CC1. The molecule has 1 aliphatic carbocycles. The molecule has 3 nitrogen and oxygen atoms in total. The highest BCUT2D eigenvalue weighted by atomic mass is 16.4. The lowest BCUT2D eigenvalue weighted by Crippen LogP contribution is -2.25. The van der Waals surface area contributed by atoms with Crippen LogP contribution >= 0.6 is 0 Å². The summed E-state index contributed by atoms with van der Waals surface area (Å²) in [5.41, 5.74) is 1.41. The van der Waals surface area contributed by atoms with Crippen LogP contribution in [0.15, 0.2) is 54.6 Å². The maximum absolute atomic E-state index is 12.2. The Morgan fingerprint density at radius 3 is 1.90 bits per heavy atom. The lowest BCUT2D eigenvalue weighted by molar-refractivity contribution is -0.141. The third kappa shape index (κ3) is 2.01. The summed E-state index contributed by atoms with van der Waals surface area (Å²) in [6.07, 6.45) is 0.892. The van der Waals surface area contributed by atoms with E-state index >= 15 is 0 Å². The average Bonchev–Trinajstić information content (AvgIpc) is 3.29. The minimum absolute atomic E-state index is 0.274. The third-order valence-corrected chi connectivity index (χ3v) is 3.85. The predicted octanol–water partition coefficient (Wildman–Crippen LogP) is 3.40. The topological polar surface area (TPSA) is 54.4 Å². The summed E-state index contributed by atoms with van der Waals surface area (Å²) in [6.45, 7) is 0. The number of hydrogen-bond acceptors (Lipinski definition) is 2. The molecule has 1 N–H and O–H groups in total. The molecule has 0 saturated heterocycles. The zero-order valence-corrected chi connectivity index (χ0v) is 10.9. The van der Waals surface area contributed by atoms with Gasteiger partial charge in [0.15, 0.2) is 5.78 Å².